The molecule has 3 aromatic rings. The summed E-state index contributed by atoms with van der Waals surface area (Å²) in [6.45, 7) is 1.93. The molecule has 3 atom stereocenters. The maximum Gasteiger partial charge on any atom is 0.331 e. The van der Waals surface area contributed by atoms with Crippen LogP contribution >= 0.6 is 11.6 Å². The van der Waals surface area contributed by atoms with E-state index in [-0.39, 0.29) is 23.9 Å². The summed E-state index contributed by atoms with van der Waals surface area (Å²) in [5, 5.41) is 9.75. The number of fused-ring (bicyclic) bond motifs is 1. The number of carbonyl (C=O) groups is 3. The van der Waals surface area contributed by atoms with Crippen molar-refractivity contribution < 1.29 is 27.5 Å². The Morgan fingerprint density at radius 2 is 1.78 bits per heavy atom. The summed E-state index contributed by atoms with van der Waals surface area (Å²) < 4.78 is 35.0. The van der Waals surface area contributed by atoms with E-state index in [1.807, 2.05) is 12.1 Å². The Bertz CT molecular complexity index is 1720. The maximum atomic E-state index is 14.6. The standard InChI is InChI=1S/C31H37ClN6O6S/c1-31(29(41)44-2,23-11-7-15-37(19-23)30(34)35)38(18-22-10-5-6-12-25(22)32)28(40)26(17-27(33)39)36-45(42,43)24-14-13-20-8-3-4-9-21(20)16-24/h3-6,8-10,12-14,16,23,26,36H,7,11,15,17-19H2,1-2H3,(H2,33,39)(H3,34,35)/t23-,26-,31?/m0/s1. The average molecular weight is 657 g/mol. The predicted molar refractivity (Wildman–Crippen MR) is 171 cm³/mol. The minimum Gasteiger partial charge on any atom is -0.467 e. The predicted octanol–water partition coefficient (Wildman–Crippen LogP) is 2.58. The number of benzene rings is 3. The Morgan fingerprint density at radius 3 is 2.42 bits per heavy atom. The molecule has 1 heterocycles. The second-order valence-electron chi connectivity index (χ2n) is 11.2. The minimum absolute atomic E-state index is 0.124. The van der Waals surface area contributed by atoms with Crippen LogP contribution in [0.2, 0.25) is 5.02 Å². The van der Waals surface area contributed by atoms with Crippen molar-refractivity contribution in [1.29, 1.82) is 5.41 Å². The molecule has 0 radical (unpaired) electrons. The quantitative estimate of drug-likeness (QED) is 0.138. The van der Waals surface area contributed by atoms with E-state index in [4.69, 9.17) is 33.2 Å². The van der Waals surface area contributed by atoms with Crippen molar-refractivity contribution in [1.82, 2.24) is 14.5 Å². The Labute approximate surface area is 267 Å². The van der Waals surface area contributed by atoms with Gasteiger partial charge in [0.15, 0.2) is 5.96 Å². The van der Waals surface area contributed by atoms with Crippen molar-refractivity contribution in [3.8, 4) is 0 Å². The highest BCUT2D eigenvalue weighted by Gasteiger charge is 2.52. The van der Waals surface area contributed by atoms with Crippen molar-refractivity contribution >= 4 is 56.1 Å². The van der Waals surface area contributed by atoms with E-state index in [1.54, 1.807) is 47.4 Å². The number of piperidine rings is 1. The minimum atomic E-state index is -4.37. The lowest BCUT2D eigenvalue weighted by atomic mass is 9.78. The summed E-state index contributed by atoms with van der Waals surface area (Å²) in [5.41, 5.74) is 10.1. The molecule has 12 nitrogen and oxygen atoms in total. The zero-order chi connectivity index (χ0) is 32.9. The van der Waals surface area contributed by atoms with E-state index < -0.39 is 51.7 Å². The number of halogens is 1. The number of esters is 1. The first-order chi connectivity index (χ1) is 21.3. The normalized spacial score (nSPS) is 17.2. The fourth-order valence-corrected chi connectivity index (χ4v) is 7.20. The molecule has 1 saturated heterocycles. The molecule has 1 unspecified atom stereocenters. The monoisotopic (exact) mass is 656 g/mol. The zero-order valence-corrected chi connectivity index (χ0v) is 26.6. The molecule has 4 rings (SSSR count). The number of nitrogens with two attached hydrogens (primary N) is 2. The van der Waals surface area contributed by atoms with Crippen molar-refractivity contribution in [2.24, 2.45) is 17.4 Å². The molecule has 0 bridgehead atoms. The van der Waals surface area contributed by atoms with E-state index in [9.17, 15) is 22.8 Å². The molecule has 14 heteroatoms. The lowest BCUT2D eigenvalue weighted by Gasteiger charge is -2.48. The summed E-state index contributed by atoms with van der Waals surface area (Å²) in [6.07, 6.45) is 0.335. The Balaban J connectivity index is 1.81. The van der Waals surface area contributed by atoms with Crippen LogP contribution in [-0.2, 0) is 35.7 Å². The van der Waals surface area contributed by atoms with Crippen molar-refractivity contribution in [3.63, 3.8) is 0 Å². The Hall–Kier alpha value is -4.20. The smallest absolute Gasteiger partial charge is 0.331 e. The first kappa shape index (κ1) is 33.7. The second-order valence-corrected chi connectivity index (χ2v) is 13.3. The van der Waals surface area contributed by atoms with Crippen LogP contribution in [0.5, 0.6) is 0 Å². The largest absolute Gasteiger partial charge is 0.467 e. The number of methoxy groups -OCH3 is 1. The molecule has 6 N–H and O–H groups in total. The highest BCUT2D eigenvalue weighted by molar-refractivity contribution is 7.89. The first-order valence-electron chi connectivity index (χ1n) is 14.3. The van der Waals surface area contributed by atoms with E-state index in [1.165, 1.54) is 31.1 Å². The Kier molecular flexibility index (Phi) is 10.4. The zero-order valence-electron chi connectivity index (χ0n) is 25.0. The van der Waals surface area contributed by atoms with Crippen molar-refractivity contribution in [2.75, 3.05) is 20.2 Å². The van der Waals surface area contributed by atoms with E-state index in [0.29, 0.717) is 35.4 Å². The van der Waals surface area contributed by atoms with Crippen LogP contribution in [0.1, 0.15) is 31.7 Å². The number of likely N-dealkylation sites (tertiary alicyclic amines) is 1. The fourth-order valence-electron chi connectivity index (χ4n) is 5.79. The van der Waals surface area contributed by atoms with Gasteiger partial charge < -0.3 is 26.0 Å². The van der Waals surface area contributed by atoms with Gasteiger partial charge in [-0.25, -0.2) is 13.2 Å². The third-order valence-corrected chi connectivity index (χ3v) is 10.1. The lowest BCUT2D eigenvalue weighted by Crippen LogP contribution is -2.65. The summed E-state index contributed by atoms with van der Waals surface area (Å²) in [6, 6.07) is 16.7. The van der Waals surface area contributed by atoms with Crippen LogP contribution in [0.15, 0.2) is 71.6 Å². The van der Waals surface area contributed by atoms with Gasteiger partial charge in [-0.2, -0.15) is 4.72 Å². The first-order valence-corrected chi connectivity index (χ1v) is 16.2. The molecule has 0 aliphatic carbocycles. The summed E-state index contributed by atoms with van der Waals surface area (Å²) in [5.74, 6) is -3.38. The Morgan fingerprint density at radius 1 is 1.11 bits per heavy atom. The number of nitrogens with one attached hydrogen (secondary N) is 2. The van der Waals surface area contributed by atoms with Crippen LogP contribution < -0.4 is 16.2 Å². The molecule has 3 aromatic carbocycles. The number of ether oxygens (including phenoxy) is 1. The fraction of sp³-hybridized carbons (Fsp3) is 0.355. The number of primary amides is 1. The third kappa shape index (κ3) is 7.38. The third-order valence-electron chi connectivity index (χ3n) is 8.30. The number of guanidine groups is 1. The topological polar surface area (TPSA) is 189 Å². The number of carbonyl (C=O) groups excluding carboxylic acids is 3. The number of rotatable bonds is 11. The van der Waals surface area contributed by atoms with Crippen molar-refractivity contribution in [3.05, 3.63) is 77.3 Å². The average Bonchev–Trinajstić information content (AvgIpc) is 3.02. The summed E-state index contributed by atoms with van der Waals surface area (Å²) >= 11 is 6.49. The SMILES string of the molecule is COC(=O)C(C)([C@H]1CCCN(C(=N)N)C1)N(Cc1ccccc1Cl)C(=O)[C@H](CC(N)=O)NS(=O)(=O)c1ccc2ccccc2c1. The van der Waals surface area contributed by atoms with E-state index >= 15 is 0 Å². The van der Waals surface area contributed by atoms with Gasteiger partial charge in [0, 0.05) is 30.6 Å². The maximum absolute atomic E-state index is 14.6. The highest BCUT2D eigenvalue weighted by Crippen LogP contribution is 2.36. The molecule has 1 aliphatic heterocycles. The molecular formula is C31H37ClN6O6S. The van der Waals surface area contributed by atoms with Crippen LogP contribution in [0.4, 0.5) is 0 Å². The van der Waals surface area contributed by atoms with Crippen LogP contribution in [0, 0.1) is 11.3 Å². The lowest BCUT2D eigenvalue weighted by molar-refractivity contribution is -0.168. The second kappa shape index (κ2) is 13.8. The number of hydrogen-bond donors (Lipinski definition) is 4. The molecule has 240 valence electrons. The highest BCUT2D eigenvalue weighted by atomic mass is 35.5. The van der Waals surface area contributed by atoms with Gasteiger partial charge in [0.25, 0.3) is 0 Å². The van der Waals surface area contributed by atoms with Crippen LogP contribution in [-0.4, -0.2) is 73.7 Å². The van der Waals surface area contributed by atoms with Gasteiger partial charge in [-0.15, -0.1) is 0 Å². The van der Waals surface area contributed by atoms with Crippen LogP contribution in [0.3, 0.4) is 0 Å². The van der Waals surface area contributed by atoms with Gasteiger partial charge in [0.1, 0.15) is 11.6 Å². The van der Waals surface area contributed by atoms with Crippen LogP contribution in [0.25, 0.3) is 10.8 Å². The van der Waals surface area contributed by atoms with Gasteiger partial charge >= 0.3 is 5.97 Å². The molecule has 0 saturated carbocycles. The molecule has 1 aliphatic rings. The number of sulfonamides is 1. The molecule has 2 amide bonds. The van der Waals surface area contributed by atoms with Gasteiger partial charge in [0.05, 0.1) is 18.4 Å². The summed E-state index contributed by atoms with van der Waals surface area (Å²) in [4.78, 5) is 43.3. The molecule has 0 aromatic heterocycles. The molecule has 45 heavy (non-hydrogen) atoms. The molecule has 0 spiro atoms. The van der Waals surface area contributed by atoms with Gasteiger partial charge in [-0.05, 0) is 54.3 Å². The molecule has 1 fully saturated rings. The van der Waals surface area contributed by atoms with Crippen molar-refractivity contribution in [2.45, 2.75) is 49.2 Å². The van der Waals surface area contributed by atoms with E-state index in [0.717, 1.165) is 5.39 Å². The number of amides is 2. The summed E-state index contributed by atoms with van der Waals surface area (Å²) in [7, 11) is -3.18. The van der Waals surface area contributed by atoms with Gasteiger partial charge in [-0.3, -0.25) is 15.0 Å². The number of nitrogens with zero attached hydrogens (tertiary/aromatic N) is 2. The van der Waals surface area contributed by atoms with Gasteiger partial charge in [-0.1, -0.05) is 60.1 Å². The molecular weight excluding hydrogens is 620 g/mol. The van der Waals surface area contributed by atoms with Gasteiger partial charge in [0.2, 0.25) is 21.8 Å². The van der Waals surface area contributed by atoms with E-state index in [2.05, 4.69) is 4.72 Å². The number of hydrogen-bond acceptors (Lipinski definition) is 7.